The summed E-state index contributed by atoms with van der Waals surface area (Å²) in [4.78, 5) is 21.2. The fraction of sp³-hybridized carbons (Fsp3) is 0.333. The van der Waals surface area contributed by atoms with Crippen LogP contribution < -0.4 is 5.32 Å². The van der Waals surface area contributed by atoms with E-state index in [-0.39, 0.29) is 29.5 Å². The molecule has 2 aromatic carbocycles. The number of nitrogens with zero attached hydrogens (tertiary/aromatic N) is 3. The lowest BCUT2D eigenvalue weighted by Crippen LogP contribution is -2.40. The van der Waals surface area contributed by atoms with E-state index in [0.717, 1.165) is 36.6 Å². The Bertz CT molecular complexity index is 1320. The van der Waals surface area contributed by atoms with Gasteiger partial charge in [0.1, 0.15) is 0 Å². The first-order valence-corrected chi connectivity index (χ1v) is 14.4. The average molecular weight is 578 g/mol. The minimum atomic E-state index is -3.75. The topological polar surface area (TPSA) is 91.8 Å². The van der Waals surface area contributed by atoms with Gasteiger partial charge in [0.15, 0.2) is 5.13 Å². The molecule has 5 rings (SSSR count). The Kier molecular flexibility index (Phi) is 7.33. The van der Waals surface area contributed by atoms with Gasteiger partial charge in [-0.05, 0) is 39.7 Å². The van der Waals surface area contributed by atoms with Crippen molar-refractivity contribution in [2.45, 2.75) is 24.4 Å². The lowest BCUT2D eigenvalue weighted by molar-refractivity contribution is 0.0730. The van der Waals surface area contributed by atoms with Crippen LogP contribution in [-0.4, -0.2) is 61.4 Å². The van der Waals surface area contributed by atoms with E-state index in [1.54, 1.807) is 12.1 Å². The van der Waals surface area contributed by atoms with Gasteiger partial charge in [-0.3, -0.25) is 15.0 Å². The number of hydrogen-bond acceptors (Lipinski definition) is 7. The standard InChI is InChI=1S/C24H25BrN4O4S2/c25-19-7-6-18(14-22(19)35(31,32)29-10-12-33-13-11-29)23(30)27-24-26-20-8-9-28(16-21(20)34-24)15-17-4-2-1-3-5-17/h1-7,14H,8-13,15-16H2,(H,26,27,30). The van der Waals surface area contributed by atoms with Gasteiger partial charge in [-0.15, -0.1) is 11.3 Å². The van der Waals surface area contributed by atoms with Crippen LogP contribution in [0.4, 0.5) is 5.13 Å². The average Bonchev–Trinajstić information content (AvgIpc) is 3.27. The molecule has 1 saturated heterocycles. The number of halogens is 1. The second-order valence-corrected chi connectivity index (χ2v) is 12.3. The van der Waals surface area contributed by atoms with Crippen molar-refractivity contribution in [3.05, 3.63) is 74.7 Å². The maximum absolute atomic E-state index is 13.1. The molecular formula is C24H25BrN4O4S2. The first-order chi connectivity index (χ1) is 16.9. The molecule has 0 radical (unpaired) electrons. The number of sulfonamides is 1. The molecule has 1 amide bonds. The SMILES string of the molecule is O=C(Nc1nc2c(s1)CN(Cc1ccccc1)CC2)c1ccc(Br)c(S(=O)(=O)N2CCOCC2)c1. The number of amides is 1. The number of rotatable bonds is 6. The van der Waals surface area contributed by atoms with E-state index in [2.05, 4.69) is 43.3 Å². The predicted octanol–water partition coefficient (Wildman–Crippen LogP) is 3.74. The Hall–Kier alpha value is -2.15. The summed E-state index contributed by atoms with van der Waals surface area (Å²) in [5, 5.41) is 3.39. The molecule has 1 fully saturated rings. The van der Waals surface area contributed by atoms with Crippen LogP contribution in [0.3, 0.4) is 0 Å². The summed E-state index contributed by atoms with van der Waals surface area (Å²) < 4.78 is 33.3. The van der Waals surface area contributed by atoms with Crippen LogP contribution in [-0.2, 0) is 34.3 Å². The van der Waals surface area contributed by atoms with Gasteiger partial charge in [0.25, 0.3) is 5.91 Å². The zero-order valence-corrected chi connectivity index (χ0v) is 22.2. The predicted molar refractivity (Wildman–Crippen MR) is 138 cm³/mol. The smallest absolute Gasteiger partial charge is 0.257 e. The highest BCUT2D eigenvalue weighted by molar-refractivity contribution is 9.10. The molecule has 2 aliphatic heterocycles. The highest BCUT2D eigenvalue weighted by Gasteiger charge is 2.29. The van der Waals surface area contributed by atoms with E-state index in [4.69, 9.17) is 4.74 Å². The first-order valence-electron chi connectivity index (χ1n) is 11.3. The number of ether oxygens (including phenoxy) is 1. The van der Waals surface area contributed by atoms with Gasteiger partial charge >= 0.3 is 0 Å². The van der Waals surface area contributed by atoms with Crippen LogP contribution in [0, 0.1) is 0 Å². The molecule has 8 nitrogen and oxygen atoms in total. The van der Waals surface area contributed by atoms with Crippen LogP contribution in [0.5, 0.6) is 0 Å². The van der Waals surface area contributed by atoms with Gasteiger partial charge in [-0.25, -0.2) is 13.4 Å². The van der Waals surface area contributed by atoms with Gasteiger partial charge in [0, 0.05) is 54.1 Å². The van der Waals surface area contributed by atoms with Crippen molar-refractivity contribution in [2.24, 2.45) is 0 Å². The van der Waals surface area contributed by atoms with Crippen LogP contribution in [0.25, 0.3) is 0 Å². The van der Waals surface area contributed by atoms with Gasteiger partial charge in [-0.2, -0.15) is 4.31 Å². The lowest BCUT2D eigenvalue weighted by atomic mass is 10.1. The molecule has 2 aliphatic rings. The largest absolute Gasteiger partial charge is 0.379 e. The number of hydrogen-bond donors (Lipinski definition) is 1. The van der Waals surface area contributed by atoms with E-state index in [1.165, 1.54) is 27.3 Å². The monoisotopic (exact) mass is 576 g/mol. The highest BCUT2D eigenvalue weighted by Crippen LogP contribution is 2.30. The summed E-state index contributed by atoms with van der Waals surface area (Å²) >= 11 is 4.81. The van der Waals surface area contributed by atoms with Gasteiger partial charge in [0.05, 0.1) is 23.8 Å². The maximum Gasteiger partial charge on any atom is 0.257 e. The van der Waals surface area contributed by atoms with Gasteiger partial charge < -0.3 is 4.74 Å². The first kappa shape index (κ1) is 24.5. The fourth-order valence-corrected chi connectivity index (χ4v) is 7.62. The van der Waals surface area contributed by atoms with Crippen molar-refractivity contribution >= 4 is 48.3 Å². The number of carbonyl (C=O) groups is 1. The Labute approximate surface area is 217 Å². The number of fused-ring (bicyclic) bond motifs is 1. The molecule has 11 heteroatoms. The molecule has 0 spiro atoms. The third kappa shape index (κ3) is 5.50. The number of anilines is 1. The van der Waals surface area contributed by atoms with Crippen LogP contribution in [0.2, 0.25) is 0 Å². The Morgan fingerprint density at radius 1 is 1.11 bits per heavy atom. The second kappa shape index (κ2) is 10.5. The molecular weight excluding hydrogens is 552 g/mol. The molecule has 0 aliphatic carbocycles. The zero-order chi connectivity index (χ0) is 24.4. The van der Waals surface area contributed by atoms with Crippen molar-refractivity contribution in [3.63, 3.8) is 0 Å². The molecule has 1 N–H and O–H groups in total. The van der Waals surface area contributed by atoms with Crippen LogP contribution in [0.15, 0.2) is 57.9 Å². The summed E-state index contributed by atoms with van der Waals surface area (Å²) in [6.45, 7) is 3.86. The summed E-state index contributed by atoms with van der Waals surface area (Å²) in [7, 11) is -3.75. The lowest BCUT2D eigenvalue weighted by Gasteiger charge is -2.26. The number of carbonyl (C=O) groups excluding carboxylic acids is 1. The van der Waals surface area contributed by atoms with Crippen molar-refractivity contribution in [3.8, 4) is 0 Å². The minimum Gasteiger partial charge on any atom is -0.379 e. The van der Waals surface area contributed by atoms with Crippen molar-refractivity contribution in [1.29, 1.82) is 0 Å². The number of aromatic nitrogens is 1. The highest BCUT2D eigenvalue weighted by atomic mass is 79.9. The number of thiazole rings is 1. The number of benzene rings is 2. The second-order valence-electron chi connectivity index (χ2n) is 8.45. The van der Waals surface area contributed by atoms with E-state index >= 15 is 0 Å². The molecule has 35 heavy (non-hydrogen) atoms. The van der Waals surface area contributed by atoms with E-state index in [1.807, 2.05) is 18.2 Å². The minimum absolute atomic E-state index is 0.0713. The Balaban J connectivity index is 1.29. The van der Waals surface area contributed by atoms with Crippen LogP contribution in [0.1, 0.15) is 26.5 Å². The van der Waals surface area contributed by atoms with E-state index in [0.29, 0.717) is 22.8 Å². The molecule has 0 atom stereocenters. The number of morpholine rings is 1. The quantitative estimate of drug-likeness (QED) is 0.480. The molecule has 3 heterocycles. The molecule has 0 saturated carbocycles. The molecule has 0 bridgehead atoms. The third-order valence-corrected chi connectivity index (χ3v) is 9.95. The van der Waals surface area contributed by atoms with E-state index in [9.17, 15) is 13.2 Å². The molecule has 3 aromatic rings. The van der Waals surface area contributed by atoms with Crippen LogP contribution >= 0.6 is 27.3 Å². The summed E-state index contributed by atoms with van der Waals surface area (Å²) in [5.74, 6) is -0.386. The van der Waals surface area contributed by atoms with Gasteiger partial charge in [-0.1, -0.05) is 30.3 Å². The maximum atomic E-state index is 13.1. The third-order valence-electron chi connectivity index (χ3n) is 6.06. The van der Waals surface area contributed by atoms with Crippen molar-refractivity contribution < 1.29 is 17.9 Å². The fourth-order valence-electron chi connectivity index (χ4n) is 4.22. The van der Waals surface area contributed by atoms with E-state index < -0.39 is 10.0 Å². The Morgan fingerprint density at radius 2 is 1.89 bits per heavy atom. The normalized spacial score (nSPS) is 17.2. The zero-order valence-electron chi connectivity index (χ0n) is 18.9. The molecule has 0 unspecified atom stereocenters. The van der Waals surface area contributed by atoms with Gasteiger partial charge in [0.2, 0.25) is 10.0 Å². The van der Waals surface area contributed by atoms with Crippen molar-refractivity contribution in [1.82, 2.24) is 14.2 Å². The number of nitrogens with one attached hydrogen (secondary N) is 1. The summed E-state index contributed by atoms with van der Waals surface area (Å²) in [5.41, 5.74) is 2.55. The molecule has 1 aromatic heterocycles. The molecule has 184 valence electrons. The Morgan fingerprint density at radius 3 is 2.66 bits per heavy atom. The summed E-state index contributed by atoms with van der Waals surface area (Å²) in [6, 6.07) is 15.0. The summed E-state index contributed by atoms with van der Waals surface area (Å²) in [6.07, 6.45) is 0.828. The van der Waals surface area contributed by atoms with Crippen molar-refractivity contribution in [2.75, 3.05) is 38.2 Å².